The molecular formula is C13H13BrN2O2S. The second kappa shape index (κ2) is 4.58. The summed E-state index contributed by atoms with van der Waals surface area (Å²) in [4.78, 5) is 0.130. The number of halogens is 1. The summed E-state index contributed by atoms with van der Waals surface area (Å²) >= 11 is 3.26. The van der Waals surface area contributed by atoms with Gasteiger partial charge in [0.1, 0.15) is 11.0 Å². The van der Waals surface area contributed by atoms with Gasteiger partial charge in [-0.25, -0.2) is 8.42 Å². The Morgan fingerprint density at radius 3 is 2.74 bits per heavy atom. The van der Waals surface area contributed by atoms with Gasteiger partial charge in [-0.1, -0.05) is 15.9 Å². The number of fused-ring (bicyclic) bond motifs is 2. The van der Waals surface area contributed by atoms with Crippen LogP contribution in [-0.4, -0.2) is 25.3 Å². The maximum atomic E-state index is 12.7. The molecule has 2 fully saturated rings. The Morgan fingerprint density at radius 1 is 1.37 bits per heavy atom. The van der Waals surface area contributed by atoms with E-state index in [0.717, 1.165) is 19.3 Å². The van der Waals surface area contributed by atoms with Crippen molar-refractivity contribution in [2.24, 2.45) is 5.92 Å². The van der Waals surface area contributed by atoms with E-state index >= 15 is 0 Å². The SMILES string of the molecule is N#Cc1cc(Br)ccc1S(=O)(=O)N1CC2CCC1C2. The van der Waals surface area contributed by atoms with E-state index in [1.165, 1.54) is 6.07 Å². The number of nitriles is 1. The summed E-state index contributed by atoms with van der Waals surface area (Å²) in [6.07, 6.45) is 3.04. The third kappa shape index (κ3) is 2.10. The molecule has 0 amide bonds. The molecular weight excluding hydrogens is 328 g/mol. The molecule has 2 unspecified atom stereocenters. The first-order chi connectivity index (χ1) is 9.02. The summed E-state index contributed by atoms with van der Waals surface area (Å²) in [5, 5.41) is 9.13. The van der Waals surface area contributed by atoms with E-state index in [1.807, 2.05) is 6.07 Å². The van der Waals surface area contributed by atoms with E-state index in [4.69, 9.17) is 5.26 Å². The fourth-order valence-electron chi connectivity index (χ4n) is 3.11. The quantitative estimate of drug-likeness (QED) is 0.830. The molecule has 19 heavy (non-hydrogen) atoms. The van der Waals surface area contributed by atoms with Gasteiger partial charge in [-0.05, 0) is 43.4 Å². The highest BCUT2D eigenvalue weighted by Gasteiger charge is 2.44. The van der Waals surface area contributed by atoms with Crippen molar-refractivity contribution in [3.05, 3.63) is 28.2 Å². The Bertz CT molecular complexity index is 666. The first-order valence-electron chi connectivity index (χ1n) is 6.24. The minimum absolute atomic E-state index is 0.130. The van der Waals surface area contributed by atoms with Crippen molar-refractivity contribution in [2.45, 2.75) is 30.2 Å². The molecule has 2 aliphatic rings. The molecule has 2 atom stereocenters. The van der Waals surface area contributed by atoms with Gasteiger partial charge >= 0.3 is 0 Å². The number of rotatable bonds is 2. The Balaban J connectivity index is 2.04. The highest BCUT2D eigenvalue weighted by atomic mass is 79.9. The van der Waals surface area contributed by atoms with Crippen molar-refractivity contribution in [3.8, 4) is 6.07 Å². The van der Waals surface area contributed by atoms with Gasteiger partial charge < -0.3 is 0 Å². The van der Waals surface area contributed by atoms with Gasteiger partial charge in [0.25, 0.3) is 0 Å². The lowest BCUT2D eigenvalue weighted by Gasteiger charge is -2.26. The number of piperidine rings is 1. The zero-order chi connectivity index (χ0) is 13.6. The standard InChI is InChI=1S/C13H13BrN2O2S/c14-11-2-4-13(10(6-11)7-15)19(17,18)16-8-9-1-3-12(16)5-9/h2,4,6,9,12H,1,3,5,8H2. The average Bonchev–Trinajstić information content (AvgIpc) is 3.00. The van der Waals surface area contributed by atoms with Gasteiger partial charge in [-0.15, -0.1) is 0 Å². The Hall–Kier alpha value is -0.900. The van der Waals surface area contributed by atoms with Gasteiger partial charge in [0.2, 0.25) is 10.0 Å². The number of hydrogen-bond donors (Lipinski definition) is 0. The minimum Gasteiger partial charge on any atom is -0.207 e. The Morgan fingerprint density at radius 2 is 2.16 bits per heavy atom. The molecule has 1 aliphatic carbocycles. The first-order valence-corrected chi connectivity index (χ1v) is 8.47. The molecule has 1 aromatic rings. The van der Waals surface area contributed by atoms with E-state index in [9.17, 15) is 8.42 Å². The van der Waals surface area contributed by atoms with Gasteiger partial charge in [0.05, 0.1) is 5.56 Å². The zero-order valence-electron chi connectivity index (χ0n) is 10.2. The molecule has 1 aromatic carbocycles. The molecule has 0 aromatic heterocycles. The topological polar surface area (TPSA) is 61.2 Å². The summed E-state index contributed by atoms with van der Waals surface area (Å²) in [5.41, 5.74) is 0.206. The Labute approximate surface area is 121 Å². The van der Waals surface area contributed by atoms with Crippen molar-refractivity contribution in [2.75, 3.05) is 6.54 Å². The van der Waals surface area contributed by atoms with Gasteiger partial charge in [-0.2, -0.15) is 9.57 Å². The van der Waals surface area contributed by atoms with Crippen LogP contribution < -0.4 is 0 Å². The van der Waals surface area contributed by atoms with Crippen molar-refractivity contribution < 1.29 is 8.42 Å². The lowest BCUT2D eigenvalue weighted by Crippen LogP contribution is -2.37. The van der Waals surface area contributed by atoms with Crippen molar-refractivity contribution >= 4 is 26.0 Å². The summed E-state index contributed by atoms with van der Waals surface area (Å²) in [6.45, 7) is 0.605. The van der Waals surface area contributed by atoms with Crippen LogP contribution in [0.1, 0.15) is 24.8 Å². The Kier molecular flexibility index (Phi) is 3.16. The third-order valence-electron chi connectivity index (χ3n) is 4.01. The minimum atomic E-state index is -3.54. The normalized spacial score (nSPS) is 26.5. The first kappa shape index (κ1) is 13.1. The third-order valence-corrected chi connectivity index (χ3v) is 6.48. The molecule has 0 spiro atoms. The lowest BCUT2D eigenvalue weighted by atomic mass is 10.1. The highest BCUT2D eigenvalue weighted by molar-refractivity contribution is 9.10. The van der Waals surface area contributed by atoms with Crippen LogP contribution in [0, 0.1) is 17.2 Å². The fourth-order valence-corrected chi connectivity index (χ4v) is 5.34. The summed E-state index contributed by atoms with van der Waals surface area (Å²) in [5.74, 6) is 0.501. The van der Waals surface area contributed by atoms with Crippen LogP contribution in [-0.2, 0) is 10.0 Å². The number of benzene rings is 1. The van der Waals surface area contributed by atoms with Gasteiger partial charge in [0.15, 0.2) is 0 Å². The molecule has 1 heterocycles. The number of hydrogen-bond acceptors (Lipinski definition) is 3. The monoisotopic (exact) mass is 340 g/mol. The second-order valence-corrected chi connectivity index (χ2v) is 7.93. The molecule has 0 N–H and O–H groups in total. The van der Waals surface area contributed by atoms with Crippen LogP contribution in [0.2, 0.25) is 0 Å². The van der Waals surface area contributed by atoms with Gasteiger partial charge in [0, 0.05) is 17.1 Å². The van der Waals surface area contributed by atoms with E-state index in [-0.39, 0.29) is 16.5 Å². The lowest BCUT2D eigenvalue weighted by molar-refractivity contribution is 0.333. The number of nitrogens with zero attached hydrogens (tertiary/aromatic N) is 2. The van der Waals surface area contributed by atoms with Crippen molar-refractivity contribution in [1.29, 1.82) is 5.26 Å². The molecule has 3 rings (SSSR count). The molecule has 1 saturated carbocycles. The predicted octanol–water partition coefficient (Wildman–Crippen LogP) is 2.49. The van der Waals surface area contributed by atoms with Crippen LogP contribution in [0.3, 0.4) is 0 Å². The second-order valence-electron chi connectivity index (χ2n) is 5.16. The molecule has 6 heteroatoms. The van der Waals surface area contributed by atoms with Crippen LogP contribution in [0.15, 0.2) is 27.6 Å². The van der Waals surface area contributed by atoms with E-state index in [0.29, 0.717) is 16.9 Å². The molecule has 4 nitrogen and oxygen atoms in total. The van der Waals surface area contributed by atoms with Gasteiger partial charge in [-0.3, -0.25) is 0 Å². The molecule has 1 saturated heterocycles. The summed E-state index contributed by atoms with van der Waals surface area (Å²) in [6, 6.07) is 6.85. The van der Waals surface area contributed by atoms with E-state index in [1.54, 1.807) is 16.4 Å². The molecule has 0 radical (unpaired) electrons. The highest BCUT2D eigenvalue weighted by Crippen LogP contribution is 2.41. The van der Waals surface area contributed by atoms with Crippen molar-refractivity contribution in [3.63, 3.8) is 0 Å². The number of sulfonamides is 1. The van der Waals surface area contributed by atoms with E-state index < -0.39 is 10.0 Å². The van der Waals surface area contributed by atoms with E-state index in [2.05, 4.69) is 15.9 Å². The summed E-state index contributed by atoms with van der Waals surface area (Å²) in [7, 11) is -3.54. The summed E-state index contributed by atoms with van der Waals surface area (Å²) < 4.78 is 27.7. The predicted molar refractivity (Wildman–Crippen MR) is 73.9 cm³/mol. The molecule has 2 bridgehead atoms. The maximum absolute atomic E-state index is 12.7. The fraction of sp³-hybridized carbons (Fsp3) is 0.462. The van der Waals surface area contributed by atoms with Crippen LogP contribution in [0.4, 0.5) is 0 Å². The average molecular weight is 341 g/mol. The van der Waals surface area contributed by atoms with Crippen molar-refractivity contribution in [1.82, 2.24) is 4.31 Å². The molecule has 100 valence electrons. The van der Waals surface area contributed by atoms with Crippen LogP contribution in [0.25, 0.3) is 0 Å². The maximum Gasteiger partial charge on any atom is 0.244 e. The zero-order valence-corrected chi connectivity index (χ0v) is 12.6. The van der Waals surface area contributed by atoms with Crippen LogP contribution in [0.5, 0.6) is 0 Å². The largest absolute Gasteiger partial charge is 0.244 e. The molecule has 1 aliphatic heterocycles. The van der Waals surface area contributed by atoms with Crippen LogP contribution >= 0.6 is 15.9 Å². The smallest absolute Gasteiger partial charge is 0.207 e.